The molecule has 16 heavy (non-hydrogen) atoms. The molecule has 0 spiro atoms. The molecule has 0 radical (unpaired) electrons. The smallest absolute Gasteiger partial charge is 0.404 e. The van der Waals surface area contributed by atoms with Crippen molar-refractivity contribution in [1.82, 2.24) is 10.3 Å². The predicted octanol–water partition coefficient (Wildman–Crippen LogP) is 2.73. The van der Waals surface area contributed by atoms with Crippen molar-refractivity contribution in [3.05, 3.63) is 34.7 Å². The van der Waals surface area contributed by atoms with Gasteiger partial charge in [0.1, 0.15) is 5.82 Å². The zero-order chi connectivity index (χ0) is 11.7. The first kappa shape index (κ1) is 10.8. The molecule has 0 atom stereocenters. The van der Waals surface area contributed by atoms with Crippen LogP contribution < -0.4 is 5.32 Å². The lowest BCUT2D eigenvalue weighted by atomic mass is 10.1. The molecule has 0 unspecified atom stereocenters. The summed E-state index contributed by atoms with van der Waals surface area (Å²) in [6.45, 7) is -0.0847. The van der Waals surface area contributed by atoms with Gasteiger partial charge in [-0.3, -0.25) is 0 Å². The molecule has 0 saturated carbocycles. The number of amides is 1. The van der Waals surface area contributed by atoms with Crippen molar-refractivity contribution < 1.29 is 14.3 Å². The van der Waals surface area contributed by atoms with Gasteiger partial charge in [0.2, 0.25) is 0 Å². The van der Waals surface area contributed by atoms with E-state index >= 15 is 0 Å². The summed E-state index contributed by atoms with van der Waals surface area (Å²) in [6, 6.07) is 2.82. The number of carboxylic acid groups (broad SMARTS) is 1. The van der Waals surface area contributed by atoms with Crippen molar-refractivity contribution in [2.24, 2.45) is 0 Å². The van der Waals surface area contributed by atoms with Crippen molar-refractivity contribution in [2.75, 3.05) is 0 Å². The first-order valence-corrected chi connectivity index (χ1v) is 4.87. The molecular weight excluding hydrogens is 235 g/mol. The van der Waals surface area contributed by atoms with E-state index in [0.29, 0.717) is 15.9 Å². The van der Waals surface area contributed by atoms with Crippen LogP contribution in [0.4, 0.5) is 9.18 Å². The fraction of sp³-hybridized carbons (Fsp3) is 0.100. The highest BCUT2D eigenvalue weighted by molar-refractivity contribution is 6.35. The average molecular weight is 243 g/mol. The molecule has 0 saturated heterocycles. The Balaban J connectivity index is 2.40. The second-order valence-corrected chi connectivity index (χ2v) is 3.69. The topological polar surface area (TPSA) is 65.1 Å². The van der Waals surface area contributed by atoms with Gasteiger partial charge in [-0.05, 0) is 12.1 Å². The monoisotopic (exact) mass is 242 g/mol. The van der Waals surface area contributed by atoms with Crippen molar-refractivity contribution in [3.63, 3.8) is 0 Å². The van der Waals surface area contributed by atoms with Crippen molar-refractivity contribution in [2.45, 2.75) is 6.54 Å². The number of nitrogens with one attached hydrogen (secondary N) is 2. The van der Waals surface area contributed by atoms with Crippen molar-refractivity contribution in [3.8, 4) is 0 Å². The maximum Gasteiger partial charge on any atom is 0.404 e. The van der Waals surface area contributed by atoms with Gasteiger partial charge in [0.05, 0.1) is 5.02 Å². The van der Waals surface area contributed by atoms with Crippen LogP contribution in [-0.4, -0.2) is 16.2 Å². The van der Waals surface area contributed by atoms with E-state index in [4.69, 9.17) is 16.7 Å². The molecule has 1 aromatic carbocycles. The van der Waals surface area contributed by atoms with Gasteiger partial charge in [0.25, 0.3) is 0 Å². The van der Waals surface area contributed by atoms with Crippen LogP contribution in [0, 0.1) is 5.82 Å². The summed E-state index contributed by atoms with van der Waals surface area (Å²) in [5, 5.41) is 11.7. The van der Waals surface area contributed by atoms with Gasteiger partial charge in [0, 0.05) is 29.2 Å². The summed E-state index contributed by atoms with van der Waals surface area (Å²) in [5.41, 5.74) is 0.845. The molecule has 1 heterocycles. The molecule has 84 valence electrons. The first-order chi connectivity index (χ1) is 7.58. The summed E-state index contributed by atoms with van der Waals surface area (Å²) < 4.78 is 13.5. The van der Waals surface area contributed by atoms with Crippen molar-refractivity contribution in [1.29, 1.82) is 0 Å². The minimum Gasteiger partial charge on any atom is -0.465 e. The lowest BCUT2D eigenvalue weighted by Crippen LogP contribution is -2.20. The average Bonchev–Trinajstić information content (AvgIpc) is 2.56. The Bertz CT molecular complexity index is 553. The number of H-pyrrole nitrogens is 1. The molecule has 2 rings (SSSR count). The fourth-order valence-corrected chi connectivity index (χ4v) is 1.67. The molecule has 0 bridgehead atoms. The van der Waals surface area contributed by atoms with E-state index < -0.39 is 11.9 Å². The molecule has 0 aliphatic heterocycles. The Morgan fingerprint density at radius 2 is 2.31 bits per heavy atom. The van der Waals surface area contributed by atoms with E-state index in [2.05, 4.69) is 10.3 Å². The fourth-order valence-electron chi connectivity index (χ4n) is 1.46. The zero-order valence-corrected chi connectivity index (χ0v) is 8.81. The number of hydrogen-bond donors (Lipinski definition) is 3. The van der Waals surface area contributed by atoms with Crippen LogP contribution in [0.1, 0.15) is 5.56 Å². The van der Waals surface area contributed by atoms with Crippen molar-refractivity contribution >= 4 is 28.6 Å². The van der Waals surface area contributed by atoms with Crippen LogP contribution in [0.3, 0.4) is 0 Å². The summed E-state index contributed by atoms with van der Waals surface area (Å²) >= 11 is 5.87. The van der Waals surface area contributed by atoms with Crippen LogP contribution in [0.2, 0.25) is 5.02 Å². The maximum absolute atomic E-state index is 13.5. The Labute approximate surface area is 95.0 Å². The molecule has 2 aromatic rings. The number of rotatable bonds is 2. The number of carbonyl (C=O) groups is 1. The lowest BCUT2D eigenvalue weighted by molar-refractivity contribution is 0.194. The molecule has 0 aliphatic rings. The van der Waals surface area contributed by atoms with Gasteiger partial charge in [-0.1, -0.05) is 11.6 Å². The van der Waals surface area contributed by atoms with E-state index in [-0.39, 0.29) is 12.1 Å². The maximum atomic E-state index is 13.5. The van der Waals surface area contributed by atoms with E-state index in [9.17, 15) is 9.18 Å². The number of aromatic amines is 1. The summed E-state index contributed by atoms with van der Waals surface area (Å²) in [5.74, 6) is -0.472. The second-order valence-electron chi connectivity index (χ2n) is 3.28. The molecule has 1 amide bonds. The largest absolute Gasteiger partial charge is 0.465 e. The summed E-state index contributed by atoms with van der Waals surface area (Å²) in [7, 11) is 0. The van der Waals surface area contributed by atoms with Gasteiger partial charge in [-0.25, -0.2) is 9.18 Å². The van der Waals surface area contributed by atoms with E-state index in [1.165, 1.54) is 12.1 Å². The minimum atomic E-state index is -1.19. The standard InChI is InChI=1S/C10H8ClFN2O2/c11-7-4-13-9-2-8(12)5(1-6(7)9)3-14-10(15)16/h1-2,4,13-14H,3H2,(H,15,16). The number of aromatic nitrogens is 1. The number of fused-ring (bicyclic) bond motifs is 1. The number of halogens is 2. The van der Waals surface area contributed by atoms with Gasteiger partial charge in [0.15, 0.2) is 0 Å². The summed E-state index contributed by atoms with van der Waals surface area (Å²) in [4.78, 5) is 13.1. The highest BCUT2D eigenvalue weighted by Crippen LogP contribution is 2.25. The molecule has 1 aromatic heterocycles. The van der Waals surface area contributed by atoms with E-state index in [0.717, 1.165) is 0 Å². The Kier molecular flexibility index (Phi) is 2.70. The van der Waals surface area contributed by atoms with Gasteiger partial charge < -0.3 is 15.4 Å². The second kappa shape index (κ2) is 4.02. The molecule has 3 N–H and O–H groups in total. The SMILES string of the molecule is O=C(O)NCc1cc2c(Cl)c[nH]c2cc1F. The van der Waals surface area contributed by atoms with Gasteiger partial charge in [-0.2, -0.15) is 0 Å². The van der Waals surface area contributed by atoms with E-state index in [1.807, 2.05) is 0 Å². The molecular formula is C10H8ClFN2O2. The molecule has 6 heteroatoms. The number of benzene rings is 1. The zero-order valence-electron chi connectivity index (χ0n) is 8.05. The van der Waals surface area contributed by atoms with Crippen LogP contribution in [0.15, 0.2) is 18.3 Å². The third kappa shape index (κ3) is 1.94. The normalized spacial score (nSPS) is 10.6. The molecule has 0 fully saturated rings. The Morgan fingerprint density at radius 1 is 1.56 bits per heavy atom. The molecule has 0 aliphatic carbocycles. The summed E-state index contributed by atoms with van der Waals surface area (Å²) in [6.07, 6.45) is 0.361. The third-order valence-corrected chi connectivity index (χ3v) is 2.54. The van der Waals surface area contributed by atoms with Crippen LogP contribution in [0.25, 0.3) is 10.9 Å². The van der Waals surface area contributed by atoms with Gasteiger partial charge in [-0.15, -0.1) is 0 Å². The molecule has 4 nitrogen and oxygen atoms in total. The Morgan fingerprint density at radius 3 is 3.00 bits per heavy atom. The highest BCUT2D eigenvalue weighted by atomic mass is 35.5. The van der Waals surface area contributed by atoms with Gasteiger partial charge >= 0.3 is 6.09 Å². The van der Waals surface area contributed by atoms with E-state index in [1.54, 1.807) is 6.20 Å². The third-order valence-electron chi connectivity index (χ3n) is 2.23. The Hall–Kier alpha value is -1.75. The number of hydrogen-bond acceptors (Lipinski definition) is 1. The van der Waals surface area contributed by atoms with Crippen LogP contribution in [-0.2, 0) is 6.54 Å². The quantitative estimate of drug-likeness (QED) is 0.758. The first-order valence-electron chi connectivity index (χ1n) is 4.49. The predicted molar refractivity (Wildman–Crippen MR) is 58.1 cm³/mol. The van der Waals surface area contributed by atoms with Crippen LogP contribution in [0.5, 0.6) is 0 Å². The van der Waals surface area contributed by atoms with Crippen LogP contribution >= 0.6 is 11.6 Å². The highest BCUT2D eigenvalue weighted by Gasteiger charge is 2.09. The minimum absolute atomic E-state index is 0.0847. The lowest BCUT2D eigenvalue weighted by Gasteiger charge is -2.03.